The third kappa shape index (κ3) is 4.39. The summed E-state index contributed by atoms with van der Waals surface area (Å²) in [6, 6.07) is 22.1. The van der Waals surface area contributed by atoms with Gasteiger partial charge in [-0.1, -0.05) is 55.5 Å². The lowest BCUT2D eigenvalue weighted by atomic mass is 9.96. The third-order valence-electron chi connectivity index (χ3n) is 7.62. The summed E-state index contributed by atoms with van der Waals surface area (Å²) >= 11 is 0. The summed E-state index contributed by atoms with van der Waals surface area (Å²) in [5.41, 5.74) is 3.02. The van der Waals surface area contributed by atoms with E-state index in [0.29, 0.717) is 42.9 Å². The summed E-state index contributed by atoms with van der Waals surface area (Å²) in [6.45, 7) is 2.03. The average Bonchev–Trinajstić information content (AvgIpc) is 3.45. The van der Waals surface area contributed by atoms with Crippen LogP contribution in [0.1, 0.15) is 32.9 Å². The van der Waals surface area contributed by atoms with Gasteiger partial charge in [0.2, 0.25) is 5.91 Å². The fraction of sp³-hybridized carbons (Fsp3) is 0.267. The highest BCUT2D eigenvalue weighted by atomic mass is 16.5. The minimum atomic E-state index is -0.995. The van der Waals surface area contributed by atoms with E-state index < -0.39 is 17.7 Å². The smallest absolute Gasteiger partial charge is 0.322 e. The molecule has 2 aliphatic heterocycles. The van der Waals surface area contributed by atoms with Gasteiger partial charge in [0, 0.05) is 21.4 Å². The molecule has 0 saturated carbocycles. The molecule has 2 unspecified atom stereocenters. The van der Waals surface area contributed by atoms with Crippen molar-refractivity contribution in [2.24, 2.45) is 0 Å². The van der Waals surface area contributed by atoms with Crippen molar-refractivity contribution in [3.05, 3.63) is 89.5 Å². The quantitative estimate of drug-likeness (QED) is 0.476. The van der Waals surface area contributed by atoms with Crippen LogP contribution in [0.5, 0.6) is 5.75 Å². The predicted octanol–water partition coefficient (Wildman–Crippen LogP) is 3.59. The van der Waals surface area contributed by atoms with Gasteiger partial charge in [0.05, 0.1) is 12.2 Å². The summed E-state index contributed by atoms with van der Waals surface area (Å²) in [5, 5.41) is 5.12. The molecule has 1 fully saturated rings. The lowest BCUT2D eigenvalue weighted by molar-refractivity contribution is -0.128. The van der Waals surface area contributed by atoms with Crippen molar-refractivity contribution in [2.75, 3.05) is 16.3 Å². The number of fused-ring (bicyclic) bond motifs is 2. The Morgan fingerprint density at radius 3 is 2.51 bits per heavy atom. The van der Waals surface area contributed by atoms with E-state index >= 15 is 0 Å². The number of hydrogen-bond donors (Lipinski definition) is 2. The molecule has 1 aliphatic carbocycles. The van der Waals surface area contributed by atoms with Gasteiger partial charge in [0.25, 0.3) is 11.8 Å². The van der Waals surface area contributed by atoms with Gasteiger partial charge in [-0.05, 0) is 47.4 Å². The Morgan fingerprint density at radius 2 is 1.77 bits per heavy atom. The monoisotopic (exact) mass is 528 g/mol. The minimum absolute atomic E-state index is 0. The van der Waals surface area contributed by atoms with Gasteiger partial charge in [0.15, 0.2) is 6.10 Å². The summed E-state index contributed by atoms with van der Waals surface area (Å²) in [5.74, 6) is -0.259. The Hall–Kier alpha value is -4.66. The fourth-order valence-electron chi connectivity index (χ4n) is 5.61. The van der Waals surface area contributed by atoms with E-state index in [9.17, 15) is 19.2 Å². The number of carbonyl (C=O) groups is 4. The molecule has 39 heavy (non-hydrogen) atoms. The molecule has 9 heteroatoms. The molecule has 202 valence electrons. The van der Waals surface area contributed by atoms with Crippen molar-refractivity contribution in [3.63, 3.8) is 0 Å². The summed E-state index contributed by atoms with van der Waals surface area (Å²) in [4.78, 5) is 54.8. The first kappa shape index (κ1) is 24.7. The zero-order valence-electron chi connectivity index (χ0n) is 21.5. The molecule has 3 aromatic carbocycles. The van der Waals surface area contributed by atoms with E-state index in [0.717, 1.165) is 16.7 Å². The number of para-hydroxylation sites is 2. The normalized spacial score (nSPS) is 21.2. The maximum atomic E-state index is 14.0. The van der Waals surface area contributed by atoms with Crippen LogP contribution in [0.15, 0.2) is 72.8 Å². The topological polar surface area (TPSA) is 108 Å². The van der Waals surface area contributed by atoms with Crippen molar-refractivity contribution >= 4 is 35.1 Å². The number of ether oxygens (including phenoxy) is 1. The molecule has 5 amide bonds. The number of imide groups is 1. The van der Waals surface area contributed by atoms with Crippen LogP contribution in [0.3, 0.4) is 0 Å². The van der Waals surface area contributed by atoms with Crippen LogP contribution in [0.4, 0.5) is 16.2 Å². The highest BCUT2D eigenvalue weighted by Crippen LogP contribution is 2.37. The molecule has 1 spiro atoms. The van der Waals surface area contributed by atoms with Crippen molar-refractivity contribution < 1.29 is 26.8 Å². The Bertz CT molecular complexity index is 1500. The fourth-order valence-corrected chi connectivity index (χ4v) is 5.61. The number of amides is 5. The summed E-state index contributed by atoms with van der Waals surface area (Å²) < 4.78 is 5.88. The first-order valence-electron chi connectivity index (χ1n) is 13.0. The predicted molar refractivity (Wildman–Crippen MR) is 149 cm³/mol. The first-order chi connectivity index (χ1) is 18.9. The van der Waals surface area contributed by atoms with E-state index in [1.807, 2.05) is 67.6 Å². The number of urea groups is 1. The largest absolute Gasteiger partial charge is 0.478 e. The van der Waals surface area contributed by atoms with Crippen molar-refractivity contribution in [1.82, 2.24) is 10.6 Å². The molecular formula is C30H32N4O5. The Balaban J connectivity index is 0.00000194. The van der Waals surface area contributed by atoms with Gasteiger partial charge in [-0.15, -0.1) is 0 Å². The molecule has 2 N–H and O–H groups in total. The van der Waals surface area contributed by atoms with Gasteiger partial charge in [0.1, 0.15) is 17.8 Å². The van der Waals surface area contributed by atoms with E-state index in [-0.39, 0.29) is 27.1 Å². The molecule has 0 aromatic heterocycles. The Labute approximate surface area is 228 Å². The van der Waals surface area contributed by atoms with Gasteiger partial charge in [-0.2, -0.15) is 0 Å². The third-order valence-corrected chi connectivity index (χ3v) is 7.62. The second-order valence-corrected chi connectivity index (χ2v) is 10.2. The highest BCUT2D eigenvalue weighted by Gasteiger charge is 2.50. The molecule has 1 saturated heterocycles. The molecular weight excluding hydrogens is 496 g/mol. The van der Waals surface area contributed by atoms with Crippen LogP contribution < -0.4 is 25.2 Å². The number of benzene rings is 3. The van der Waals surface area contributed by atoms with Crippen LogP contribution in [-0.2, 0) is 33.8 Å². The number of anilines is 2. The van der Waals surface area contributed by atoms with E-state index in [2.05, 4.69) is 10.6 Å². The number of nitrogens with zero attached hydrogens (tertiary/aromatic N) is 2. The van der Waals surface area contributed by atoms with Gasteiger partial charge >= 0.3 is 6.03 Å². The number of rotatable bonds is 6. The van der Waals surface area contributed by atoms with Crippen molar-refractivity contribution in [3.8, 4) is 5.75 Å². The number of nitrogens with one attached hydrogen (secondary N) is 2. The van der Waals surface area contributed by atoms with Crippen LogP contribution >= 0.6 is 0 Å². The summed E-state index contributed by atoms with van der Waals surface area (Å²) in [6.07, 6.45) is 0.570. The second kappa shape index (κ2) is 9.58. The molecule has 3 aliphatic rings. The van der Waals surface area contributed by atoms with Crippen molar-refractivity contribution in [2.45, 2.75) is 44.4 Å². The molecule has 2 atom stereocenters. The molecule has 9 nitrogen and oxygen atoms in total. The molecule has 2 heterocycles. The minimum Gasteiger partial charge on any atom is -0.478 e. The number of hydrogen-bond acceptors (Lipinski definition) is 5. The van der Waals surface area contributed by atoms with Crippen molar-refractivity contribution in [1.29, 1.82) is 0 Å². The number of carbonyl (C=O) groups excluding carboxylic acids is 4. The van der Waals surface area contributed by atoms with Crippen LogP contribution in [-0.4, -0.2) is 41.9 Å². The van der Waals surface area contributed by atoms with E-state index in [1.165, 1.54) is 4.90 Å². The average molecular weight is 529 g/mol. The lowest BCUT2D eigenvalue weighted by Gasteiger charge is -2.35. The standard InChI is InChI=1S/C30H28N4O5.2H2/c1-2-24-27(36)34(23-10-6-7-11-25(23)39-24)18-26(35)33(17-19-8-4-3-5-9-19)22-13-12-20-15-30(16-21(20)14-22)28(37)31-29(38)32-30;;/h3-14,24H,2,15-18H2,1H3,(H2,31,32,37,38);2*1H. The highest BCUT2D eigenvalue weighted by molar-refractivity contribution is 6.08. The van der Waals surface area contributed by atoms with Crippen LogP contribution in [0.25, 0.3) is 0 Å². The SMILES string of the molecule is CCC1Oc2ccccc2N(CC(=O)N(Cc2ccccc2)c2ccc3c(c2)CC2(C3)NC(=O)NC2=O)C1=O.[HH].[HH]. The second-order valence-electron chi connectivity index (χ2n) is 10.2. The van der Waals surface area contributed by atoms with Gasteiger partial charge in [-0.3, -0.25) is 24.6 Å². The maximum Gasteiger partial charge on any atom is 0.322 e. The van der Waals surface area contributed by atoms with E-state index in [4.69, 9.17) is 4.74 Å². The molecule has 0 radical (unpaired) electrons. The zero-order chi connectivity index (χ0) is 27.1. The molecule has 3 aromatic rings. The lowest BCUT2D eigenvalue weighted by Crippen LogP contribution is -2.50. The molecule has 0 bridgehead atoms. The van der Waals surface area contributed by atoms with Crippen LogP contribution in [0.2, 0.25) is 0 Å². The zero-order valence-corrected chi connectivity index (χ0v) is 21.5. The van der Waals surface area contributed by atoms with Gasteiger partial charge in [-0.25, -0.2) is 4.79 Å². The Kier molecular flexibility index (Phi) is 6.06. The van der Waals surface area contributed by atoms with Gasteiger partial charge < -0.3 is 15.0 Å². The van der Waals surface area contributed by atoms with E-state index in [1.54, 1.807) is 17.0 Å². The Morgan fingerprint density at radius 1 is 1.03 bits per heavy atom. The maximum absolute atomic E-state index is 14.0. The first-order valence-corrected chi connectivity index (χ1v) is 13.0. The molecule has 6 rings (SSSR count). The van der Waals surface area contributed by atoms with Crippen LogP contribution in [0, 0.1) is 0 Å². The summed E-state index contributed by atoms with van der Waals surface area (Å²) in [7, 11) is 0.